The number of imide groups is 2. The molecule has 1 aromatic rings. The molecule has 29 heavy (non-hydrogen) atoms. The van der Waals surface area contributed by atoms with Crippen LogP contribution in [0.5, 0.6) is 11.5 Å². The quantitative estimate of drug-likeness (QED) is 0.548. The third-order valence-corrected chi connectivity index (χ3v) is 5.36. The Labute approximate surface area is 168 Å². The first-order chi connectivity index (χ1) is 13.9. The maximum atomic E-state index is 12.6. The lowest BCUT2D eigenvalue weighted by Gasteiger charge is -2.22. The number of urea groups is 1. The minimum atomic E-state index is -0.955. The number of rotatable bonds is 7. The highest BCUT2D eigenvalue weighted by Gasteiger charge is 2.48. The normalized spacial score (nSPS) is 18.4. The van der Waals surface area contributed by atoms with Crippen molar-refractivity contribution in [3.8, 4) is 11.5 Å². The number of carbonyl (C=O) groups is 4. The summed E-state index contributed by atoms with van der Waals surface area (Å²) >= 11 is 0. The fraction of sp³-hybridized carbons (Fsp3) is 0.500. The lowest BCUT2D eigenvalue weighted by Crippen LogP contribution is -2.43. The van der Waals surface area contributed by atoms with Crippen LogP contribution in [-0.2, 0) is 14.4 Å². The van der Waals surface area contributed by atoms with Crippen LogP contribution in [0.3, 0.4) is 0 Å². The molecular formula is C20H25N3O6. The number of methoxy groups -OCH3 is 2. The van der Waals surface area contributed by atoms with Crippen LogP contribution in [0.25, 0.3) is 0 Å². The van der Waals surface area contributed by atoms with Crippen LogP contribution >= 0.6 is 0 Å². The van der Waals surface area contributed by atoms with Crippen molar-refractivity contribution in [3.05, 3.63) is 23.8 Å². The Morgan fingerprint density at radius 2 is 1.83 bits per heavy atom. The smallest absolute Gasteiger partial charge is 0.334 e. The van der Waals surface area contributed by atoms with Crippen LogP contribution in [-0.4, -0.2) is 60.4 Å². The number of nitrogens with zero attached hydrogens (tertiary/aromatic N) is 2. The van der Waals surface area contributed by atoms with Gasteiger partial charge in [-0.15, -0.1) is 0 Å². The zero-order valence-electron chi connectivity index (χ0n) is 16.8. The van der Waals surface area contributed by atoms with Crippen molar-refractivity contribution in [1.29, 1.82) is 0 Å². The molecule has 0 unspecified atom stereocenters. The average molecular weight is 403 g/mol. The standard InChI is InChI=1S/C20H25N3O6/c1-12(15-10-14(28-2)8-9-16(15)29-3)21-17(24)11-22-18(25)19(26)23(20(22)27)13-6-4-5-7-13/h8-10,12-13H,4-7,11H2,1-3H3,(H,21,24)/t12-/m0/s1. The first-order valence-corrected chi connectivity index (χ1v) is 9.57. The summed E-state index contributed by atoms with van der Waals surface area (Å²) < 4.78 is 10.5. The van der Waals surface area contributed by atoms with E-state index in [0.717, 1.165) is 17.7 Å². The summed E-state index contributed by atoms with van der Waals surface area (Å²) in [6.07, 6.45) is 3.21. The zero-order valence-corrected chi connectivity index (χ0v) is 16.8. The summed E-state index contributed by atoms with van der Waals surface area (Å²) in [4.78, 5) is 51.3. The summed E-state index contributed by atoms with van der Waals surface area (Å²) in [5, 5.41) is 2.74. The molecule has 1 aromatic carbocycles. The van der Waals surface area contributed by atoms with E-state index in [2.05, 4.69) is 5.32 Å². The highest BCUT2D eigenvalue weighted by Crippen LogP contribution is 2.30. The van der Waals surface area contributed by atoms with Crippen LogP contribution in [0.4, 0.5) is 4.79 Å². The van der Waals surface area contributed by atoms with Crippen LogP contribution < -0.4 is 14.8 Å². The van der Waals surface area contributed by atoms with Crippen LogP contribution in [0, 0.1) is 0 Å². The van der Waals surface area contributed by atoms with Gasteiger partial charge in [-0.25, -0.2) is 9.69 Å². The van der Waals surface area contributed by atoms with Crippen molar-refractivity contribution >= 4 is 23.8 Å². The van der Waals surface area contributed by atoms with Crippen molar-refractivity contribution in [2.45, 2.75) is 44.7 Å². The average Bonchev–Trinajstić information content (AvgIpc) is 3.30. The molecule has 3 rings (SSSR count). The van der Waals surface area contributed by atoms with Gasteiger partial charge in [0.1, 0.15) is 18.0 Å². The molecule has 0 spiro atoms. The van der Waals surface area contributed by atoms with Gasteiger partial charge in [0.05, 0.1) is 20.3 Å². The summed E-state index contributed by atoms with van der Waals surface area (Å²) in [6, 6.07) is 3.76. The summed E-state index contributed by atoms with van der Waals surface area (Å²) in [5.41, 5.74) is 0.683. The molecule has 1 saturated carbocycles. The molecule has 1 aliphatic carbocycles. The van der Waals surface area contributed by atoms with Gasteiger partial charge in [0, 0.05) is 11.6 Å². The molecule has 9 nitrogen and oxygen atoms in total. The molecule has 9 heteroatoms. The van der Waals surface area contributed by atoms with E-state index >= 15 is 0 Å². The van der Waals surface area contributed by atoms with Gasteiger partial charge < -0.3 is 14.8 Å². The number of hydrogen-bond donors (Lipinski definition) is 1. The largest absolute Gasteiger partial charge is 0.497 e. The van der Waals surface area contributed by atoms with Gasteiger partial charge in [-0.05, 0) is 38.0 Å². The molecule has 2 fully saturated rings. The van der Waals surface area contributed by atoms with Gasteiger partial charge in [-0.1, -0.05) is 12.8 Å². The fourth-order valence-electron chi connectivity index (χ4n) is 3.83. The summed E-state index contributed by atoms with van der Waals surface area (Å²) in [5.74, 6) is -1.19. The molecule has 0 aromatic heterocycles. The van der Waals surface area contributed by atoms with Crippen molar-refractivity contribution in [1.82, 2.24) is 15.1 Å². The fourth-order valence-corrected chi connectivity index (χ4v) is 3.83. The van der Waals surface area contributed by atoms with Gasteiger partial charge in [-0.3, -0.25) is 19.3 Å². The Morgan fingerprint density at radius 1 is 1.14 bits per heavy atom. The van der Waals surface area contributed by atoms with Crippen LogP contribution in [0.1, 0.15) is 44.2 Å². The lowest BCUT2D eigenvalue weighted by atomic mass is 10.1. The van der Waals surface area contributed by atoms with E-state index in [0.29, 0.717) is 34.8 Å². The van der Waals surface area contributed by atoms with E-state index in [9.17, 15) is 19.2 Å². The number of hydrogen-bond acceptors (Lipinski definition) is 6. The molecule has 1 heterocycles. The monoisotopic (exact) mass is 403 g/mol. The van der Waals surface area contributed by atoms with Gasteiger partial charge in [0.2, 0.25) is 5.91 Å². The maximum absolute atomic E-state index is 12.6. The molecule has 156 valence electrons. The van der Waals surface area contributed by atoms with Crippen molar-refractivity contribution in [2.75, 3.05) is 20.8 Å². The number of nitrogens with one attached hydrogen (secondary N) is 1. The highest BCUT2D eigenvalue weighted by molar-refractivity contribution is 6.45. The lowest BCUT2D eigenvalue weighted by molar-refractivity contribution is -0.144. The molecule has 0 bridgehead atoms. The molecule has 0 radical (unpaired) electrons. The van der Waals surface area contributed by atoms with Gasteiger partial charge in [0.25, 0.3) is 0 Å². The molecular weight excluding hydrogens is 378 g/mol. The third-order valence-electron chi connectivity index (χ3n) is 5.36. The zero-order chi connectivity index (χ0) is 21.1. The highest BCUT2D eigenvalue weighted by atomic mass is 16.5. The van der Waals surface area contributed by atoms with E-state index in [1.807, 2.05) is 0 Å². The van der Waals surface area contributed by atoms with Gasteiger partial charge in [-0.2, -0.15) is 0 Å². The van der Waals surface area contributed by atoms with E-state index in [1.165, 1.54) is 14.2 Å². The van der Waals surface area contributed by atoms with E-state index in [1.54, 1.807) is 25.1 Å². The Kier molecular flexibility index (Phi) is 6.05. The van der Waals surface area contributed by atoms with E-state index in [-0.39, 0.29) is 6.04 Å². The number of carbonyl (C=O) groups excluding carboxylic acids is 4. The molecule has 1 saturated heterocycles. The van der Waals surface area contributed by atoms with Gasteiger partial charge in [0.15, 0.2) is 0 Å². The number of ether oxygens (including phenoxy) is 2. The van der Waals surface area contributed by atoms with E-state index < -0.39 is 36.3 Å². The molecule has 1 N–H and O–H groups in total. The molecule has 1 aliphatic heterocycles. The minimum Gasteiger partial charge on any atom is -0.497 e. The SMILES string of the molecule is COc1ccc(OC)c([C@H](C)NC(=O)CN2C(=O)C(=O)N(C3CCCC3)C2=O)c1. The van der Waals surface area contributed by atoms with Crippen molar-refractivity contribution < 1.29 is 28.7 Å². The maximum Gasteiger partial charge on any atom is 0.334 e. The Balaban J connectivity index is 1.68. The first kappa shape index (κ1) is 20.6. The second kappa shape index (κ2) is 8.50. The Hall–Kier alpha value is -3.10. The summed E-state index contributed by atoms with van der Waals surface area (Å²) in [7, 11) is 3.05. The predicted molar refractivity (Wildman–Crippen MR) is 102 cm³/mol. The second-order valence-corrected chi connectivity index (χ2v) is 7.18. The van der Waals surface area contributed by atoms with Crippen molar-refractivity contribution in [2.24, 2.45) is 0 Å². The predicted octanol–water partition coefficient (Wildman–Crippen LogP) is 1.61. The molecule has 2 aliphatic rings. The Bertz CT molecular complexity index is 834. The topological polar surface area (TPSA) is 105 Å². The van der Waals surface area contributed by atoms with Crippen LogP contribution in [0.15, 0.2) is 18.2 Å². The molecule has 1 atom stereocenters. The van der Waals surface area contributed by atoms with E-state index in [4.69, 9.17) is 9.47 Å². The molecule has 5 amide bonds. The second-order valence-electron chi connectivity index (χ2n) is 7.18. The Morgan fingerprint density at radius 3 is 2.45 bits per heavy atom. The number of amides is 5. The first-order valence-electron chi connectivity index (χ1n) is 9.57. The summed E-state index contributed by atoms with van der Waals surface area (Å²) in [6.45, 7) is 1.24. The number of benzene rings is 1. The van der Waals surface area contributed by atoms with Gasteiger partial charge >= 0.3 is 17.8 Å². The third kappa shape index (κ3) is 4.03. The van der Waals surface area contributed by atoms with Crippen LogP contribution in [0.2, 0.25) is 0 Å². The minimum absolute atomic E-state index is 0.257. The van der Waals surface area contributed by atoms with Crippen molar-refractivity contribution in [3.63, 3.8) is 0 Å².